The molecule has 0 spiro atoms. The zero-order valence-corrected chi connectivity index (χ0v) is 9.51. The van der Waals surface area contributed by atoms with Crippen LogP contribution in [0.25, 0.3) is 0 Å². The van der Waals surface area contributed by atoms with Gasteiger partial charge in [0.2, 0.25) is 0 Å². The molecule has 78 valence electrons. The van der Waals surface area contributed by atoms with Crippen molar-refractivity contribution in [2.75, 3.05) is 24.8 Å². The summed E-state index contributed by atoms with van der Waals surface area (Å²) in [4.78, 5) is 6.21. The van der Waals surface area contributed by atoms with E-state index in [0.29, 0.717) is 11.8 Å². The molecule has 2 nitrogen and oxygen atoms in total. The summed E-state index contributed by atoms with van der Waals surface area (Å²) in [6, 6.07) is 4.02. The molecule has 14 heavy (non-hydrogen) atoms. The Labute approximate surface area is 94.8 Å². The van der Waals surface area contributed by atoms with E-state index in [1.807, 2.05) is 12.1 Å². The third-order valence-corrected chi connectivity index (χ3v) is 2.30. The van der Waals surface area contributed by atoms with Crippen molar-refractivity contribution in [1.82, 2.24) is 9.88 Å². The van der Waals surface area contributed by atoms with Crippen molar-refractivity contribution in [3.8, 4) is 0 Å². The van der Waals surface area contributed by atoms with E-state index >= 15 is 0 Å². The van der Waals surface area contributed by atoms with E-state index in [1.165, 1.54) is 5.56 Å². The largest absolute Gasteiger partial charge is 0.297 e. The van der Waals surface area contributed by atoms with Gasteiger partial charge in [-0.3, -0.25) is 9.88 Å². The van der Waals surface area contributed by atoms with Gasteiger partial charge in [-0.15, -0.1) is 23.2 Å². The van der Waals surface area contributed by atoms with Gasteiger partial charge in [-0.25, -0.2) is 0 Å². The van der Waals surface area contributed by atoms with Crippen LogP contribution in [0.3, 0.4) is 0 Å². The molecule has 0 fully saturated rings. The number of alkyl halides is 2. The SMILES string of the molecule is ClCCN(CCCl)Cc1ccncc1. The van der Waals surface area contributed by atoms with Crippen LogP contribution in [0.1, 0.15) is 5.56 Å². The lowest BCUT2D eigenvalue weighted by molar-refractivity contribution is 0.299. The van der Waals surface area contributed by atoms with E-state index in [0.717, 1.165) is 19.6 Å². The Balaban J connectivity index is 2.46. The average Bonchev–Trinajstić information content (AvgIpc) is 2.20. The lowest BCUT2D eigenvalue weighted by atomic mass is 10.2. The first-order valence-corrected chi connectivity index (χ1v) is 5.67. The zero-order valence-electron chi connectivity index (χ0n) is 8.00. The van der Waals surface area contributed by atoms with Crippen molar-refractivity contribution in [3.05, 3.63) is 30.1 Å². The number of nitrogens with zero attached hydrogens (tertiary/aromatic N) is 2. The van der Waals surface area contributed by atoms with Crippen LogP contribution in [0.15, 0.2) is 24.5 Å². The summed E-state index contributed by atoms with van der Waals surface area (Å²) in [6.45, 7) is 2.63. The molecule has 0 unspecified atom stereocenters. The number of hydrogen-bond donors (Lipinski definition) is 0. The van der Waals surface area contributed by atoms with Crippen LogP contribution in [-0.4, -0.2) is 34.7 Å². The fraction of sp³-hybridized carbons (Fsp3) is 0.500. The fourth-order valence-corrected chi connectivity index (χ4v) is 1.73. The highest BCUT2D eigenvalue weighted by atomic mass is 35.5. The van der Waals surface area contributed by atoms with Crippen molar-refractivity contribution in [1.29, 1.82) is 0 Å². The van der Waals surface area contributed by atoms with Crippen molar-refractivity contribution >= 4 is 23.2 Å². The maximum absolute atomic E-state index is 5.70. The average molecular weight is 233 g/mol. The first-order chi connectivity index (χ1) is 6.86. The molecule has 1 aromatic heterocycles. The van der Waals surface area contributed by atoms with Gasteiger partial charge in [0.25, 0.3) is 0 Å². The number of rotatable bonds is 6. The molecule has 1 rings (SSSR count). The van der Waals surface area contributed by atoms with Crippen molar-refractivity contribution in [2.24, 2.45) is 0 Å². The molecule has 0 amide bonds. The Morgan fingerprint density at radius 1 is 1.07 bits per heavy atom. The molecular formula is C10H14Cl2N2. The van der Waals surface area contributed by atoms with Crippen LogP contribution >= 0.6 is 23.2 Å². The van der Waals surface area contributed by atoms with Gasteiger partial charge in [0.05, 0.1) is 0 Å². The van der Waals surface area contributed by atoms with Gasteiger partial charge in [-0.1, -0.05) is 0 Å². The normalized spacial score (nSPS) is 10.8. The van der Waals surface area contributed by atoms with Gasteiger partial charge in [-0.05, 0) is 17.7 Å². The number of hydrogen-bond acceptors (Lipinski definition) is 2. The molecule has 1 heterocycles. The standard InChI is InChI=1S/C10H14Cl2N2/c11-3-7-14(8-4-12)9-10-1-5-13-6-2-10/h1-2,5-6H,3-4,7-9H2. The van der Waals surface area contributed by atoms with Crippen molar-refractivity contribution in [3.63, 3.8) is 0 Å². The first kappa shape index (κ1) is 11.8. The highest BCUT2D eigenvalue weighted by molar-refractivity contribution is 6.18. The number of aromatic nitrogens is 1. The molecule has 0 bridgehead atoms. The molecule has 0 aliphatic rings. The molecule has 0 aromatic carbocycles. The van der Waals surface area contributed by atoms with Crippen LogP contribution in [0, 0.1) is 0 Å². The second-order valence-corrected chi connectivity index (χ2v) is 3.77. The molecule has 0 radical (unpaired) electrons. The van der Waals surface area contributed by atoms with Crippen LogP contribution in [0.2, 0.25) is 0 Å². The molecule has 0 atom stereocenters. The summed E-state index contributed by atoms with van der Waals surface area (Å²) < 4.78 is 0. The van der Waals surface area contributed by atoms with E-state index in [2.05, 4.69) is 9.88 Å². The lowest BCUT2D eigenvalue weighted by Crippen LogP contribution is -2.27. The van der Waals surface area contributed by atoms with Crippen LogP contribution in [-0.2, 0) is 6.54 Å². The molecule has 0 aliphatic carbocycles. The van der Waals surface area contributed by atoms with Gasteiger partial charge in [0.15, 0.2) is 0 Å². The quantitative estimate of drug-likeness (QED) is 0.701. The van der Waals surface area contributed by atoms with Gasteiger partial charge in [0.1, 0.15) is 0 Å². The third-order valence-electron chi connectivity index (χ3n) is 1.96. The molecular weight excluding hydrogens is 219 g/mol. The fourth-order valence-electron chi connectivity index (χ4n) is 1.26. The summed E-state index contributed by atoms with van der Waals surface area (Å²) in [7, 11) is 0. The minimum absolute atomic E-state index is 0.641. The lowest BCUT2D eigenvalue weighted by Gasteiger charge is -2.19. The Morgan fingerprint density at radius 2 is 1.64 bits per heavy atom. The summed E-state index contributed by atoms with van der Waals surface area (Å²) >= 11 is 11.4. The summed E-state index contributed by atoms with van der Waals surface area (Å²) in [5.41, 5.74) is 1.25. The smallest absolute Gasteiger partial charge is 0.0351 e. The Kier molecular flexibility index (Phi) is 5.92. The van der Waals surface area contributed by atoms with Crippen LogP contribution < -0.4 is 0 Å². The highest BCUT2D eigenvalue weighted by Gasteiger charge is 2.03. The maximum Gasteiger partial charge on any atom is 0.0351 e. The topological polar surface area (TPSA) is 16.1 Å². The maximum atomic E-state index is 5.70. The monoisotopic (exact) mass is 232 g/mol. The molecule has 0 saturated heterocycles. The third kappa shape index (κ3) is 4.27. The summed E-state index contributed by atoms with van der Waals surface area (Å²) in [5, 5.41) is 0. The molecule has 0 aliphatic heterocycles. The van der Waals surface area contributed by atoms with Crippen LogP contribution in [0.5, 0.6) is 0 Å². The Bertz CT molecular complexity index is 235. The van der Waals surface area contributed by atoms with Gasteiger partial charge >= 0.3 is 0 Å². The van der Waals surface area contributed by atoms with E-state index in [1.54, 1.807) is 12.4 Å². The predicted molar refractivity (Wildman–Crippen MR) is 61.0 cm³/mol. The molecule has 0 saturated carbocycles. The van der Waals surface area contributed by atoms with Crippen molar-refractivity contribution in [2.45, 2.75) is 6.54 Å². The minimum atomic E-state index is 0.641. The second kappa shape index (κ2) is 7.04. The predicted octanol–water partition coefficient (Wildman–Crippen LogP) is 2.36. The summed E-state index contributed by atoms with van der Waals surface area (Å²) in [6.07, 6.45) is 3.60. The van der Waals surface area contributed by atoms with Crippen molar-refractivity contribution < 1.29 is 0 Å². The molecule has 4 heteroatoms. The molecule has 1 aromatic rings. The second-order valence-electron chi connectivity index (χ2n) is 3.01. The molecule has 0 N–H and O–H groups in total. The van der Waals surface area contributed by atoms with E-state index in [-0.39, 0.29) is 0 Å². The van der Waals surface area contributed by atoms with Gasteiger partial charge in [-0.2, -0.15) is 0 Å². The number of pyridine rings is 1. The minimum Gasteiger partial charge on any atom is -0.297 e. The Hall–Kier alpha value is -0.310. The van der Waals surface area contributed by atoms with E-state index in [9.17, 15) is 0 Å². The van der Waals surface area contributed by atoms with E-state index < -0.39 is 0 Å². The summed E-state index contributed by atoms with van der Waals surface area (Å²) in [5.74, 6) is 1.28. The number of halogens is 2. The van der Waals surface area contributed by atoms with Gasteiger partial charge < -0.3 is 0 Å². The highest BCUT2D eigenvalue weighted by Crippen LogP contribution is 2.03. The zero-order chi connectivity index (χ0) is 10.2. The van der Waals surface area contributed by atoms with Gasteiger partial charge in [0, 0.05) is 43.8 Å². The van der Waals surface area contributed by atoms with Crippen LogP contribution in [0.4, 0.5) is 0 Å². The first-order valence-electron chi connectivity index (χ1n) is 4.60. The Morgan fingerprint density at radius 3 is 2.14 bits per heavy atom. The van der Waals surface area contributed by atoms with E-state index in [4.69, 9.17) is 23.2 Å².